The maximum absolute atomic E-state index is 13.6. The van der Waals surface area contributed by atoms with E-state index in [9.17, 15) is 9.59 Å². The quantitative estimate of drug-likeness (QED) is 0.201. The van der Waals surface area contributed by atoms with E-state index in [-0.39, 0.29) is 30.1 Å². The van der Waals surface area contributed by atoms with Crippen molar-refractivity contribution in [1.82, 2.24) is 19.8 Å². The van der Waals surface area contributed by atoms with E-state index in [1.807, 2.05) is 12.1 Å². The Morgan fingerprint density at radius 2 is 1.78 bits per heavy atom. The molecule has 3 heterocycles. The lowest BCUT2D eigenvalue weighted by Crippen LogP contribution is -2.47. The highest BCUT2D eigenvalue weighted by Crippen LogP contribution is 2.29. The number of likely N-dealkylation sites (tertiary alicyclic amines) is 1. The molecule has 1 amide bonds. The molecule has 3 aromatic rings. The molecule has 224 valence electrons. The normalized spacial score (nSPS) is 15.8. The number of rotatable bonds is 14. The van der Waals surface area contributed by atoms with E-state index in [0.29, 0.717) is 29.9 Å². The monoisotopic (exact) mass is 578 g/mol. The van der Waals surface area contributed by atoms with E-state index in [1.54, 1.807) is 11.3 Å². The van der Waals surface area contributed by atoms with Crippen LogP contribution in [0.3, 0.4) is 0 Å². The van der Waals surface area contributed by atoms with Crippen molar-refractivity contribution in [1.29, 1.82) is 0 Å². The fraction of sp³-hybridized carbons (Fsp3) is 0.618. The topological polar surface area (TPSA) is 67.2 Å². The molecule has 0 bridgehead atoms. The first kappa shape index (κ1) is 31.4. The van der Waals surface area contributed by atoms with Crippen LogP contribution in [0.2, 0.25) is 0 Å². The SMILES string of the molecule is CCC(CC)n1c(Cc2cccs2)nc2cc(C(=O)C[C@@H](CC(C)C)C(=O)NC3CCN(CC(C)C)CC3)ccc21. The van der Waals surface area contributed by atoms with Crippen LogP contribution in [0.4, 0.5) is 0 Å². The third-order valence-corrected chi connectivity index (χ3v) is 9.30. The van der Waals surface area contributed by atoms with Crippen molar-refractivity contribution in [2.24, 2.45) is 17.8 Å². The molecule has 0 spiro atoms. The number of benzene rings is 1. The summed E-state index contributed by atoms with van der Waals surface area (Å²) in [5.74, 6) is 1.79. The molecular weight excluding hydrogens is 528 g/mol. The van der Waals surface area contributed by atoms with E-state index in [0.717, 1.165) is 68.6 Å². The molecule has 0 radical (unpaired) electrons. The van der Waals surface area contributed by atoms with Gasteiger partial charge in [0.2, 0.25) is 5.91 Å². The second-order valence-corrected chi connectivity index (χ2v) is 13.8. The van der Waals surface area contributed by atoms with E-state index in [2.05, 4.69) is 79.9 Å². The predicted octanol–water partition coefficient (Wildman–Crippen LogP) is 7.52. The Morgan fingerprint density at radius 3 is 2.39 bits per heavy atom. The van der Waals surface area contributed by atoms with E-state index < -0.39 is 0 Å². The number of carbonyl (C=O) groups excluding carboxylic acids is 2. The fourth-order valence-electron chi connectivity index (χ4n) is 6.37. The number of thiophene rings is 1. The molecule has 1 aromatic carbocycles. The average Bonchev–Trinajstić information content (AvgIpc) is 3.57. The summed E-state index contributed by atoms with van der Waals surface area (Å²) in [5, 5.41) is 5.42. The fourth-order valence-corrected chi connectivity index (χ4v) is 7.07. The van der Waals surface area contributed by atoms with Crippen LogP contribution in [0.1, 0.15) is 107 Å². The standard InChI is InChI=1S/C34H50N4O2S/c1-7-28(8-2)38-31-12-11-25(19-30(31)36-33(38)21-29-10-9-17-41-29)32(39)20-26(18-23(3)4)34(40)35-27-13-15-37(16-14-27)22-24(5)6/h9-12,17,19,23-24,26-28H,7-8,13-16,18,20-22H2,1-6H3,(H,35,40)/t26-/m1/s1. The molecule has 6 nitrogen and oxygen atoms in total. The first-order valence-electron chi connectivity index (χ1n) is 15.8. The molecule has 4 rings (SSSR count). The molecule has 0 unspecified atom stereocenters. The van der Waals surface area contributed by atoms with Gasteiger partial charge in [-0.1, -0.05) is 47.6 Å². The van der Waals surface area contributed by atoms with Gasteiger partial charge in [0.25, 0.3) is 0 Å². The molecule has 1 saturated heterocycles. The van der Waals surface area contributed by atoms with Gasteiger partial charge in [0.1, 0.15) is 5.82 Å². The van der Waals surface area contributed by atoms with Gasteiger partial charge in [0, 0.05) is 60.9 Å². The Bertz CT molecular complexity index is 1270. The number of imidazole rings is 1. The van der Waals surface area contributed by atoms with Crippen molar-refractivity contribution in [3.63, 3.8) is 0 Å². The Morgan fingerprint density at radius 1 is 1.05 bits per heavy atom. The van der Waals surface area contributed by atoms with Gasteiger partial charge in [-0.3, -0.25) is 9.59 Å². The van der Waals surface area contributed by atoms with Crippen LogP contribution in [-0.2, 0) is 11.2 Å². The van der Waals surface area contributed by atoms with Crippen LogP contribution in [0.15, 0.2) is 35.7 Å². The Hall–Kier alpha value is -2.51. The zero-order valence-corrected chi connectivity index (χ0v) is 26.8. The predicted molar refractivity (Wildman–Crippen MR) is 171 cm³/mol. The summed E-state index contributed by atoms with van der Waals surface area (Å²) in [6, 6.07) is 10.8. The van der Waals surface area contributed by atoms with Crippen molar-refractivity contribution in [2.45, 2.75) is 98.6 Å². The number of fused-ring (bicyclic) bond motifs is 1. The number of nitrogens with zero attached hydrogens (tertiary/aromatic N) is 3. The number of Topliss-reactive ketones (excluding diaryl/α,β-unsaturated/α-hetero) is 1. The maximum atomic E-state index is 13.6. The summed E-state index contributed by atoms with van der Waals surface area (Å²) < 4.78 is 2.38. The number of ketones is 1. The van der Waals surface area contributed by atoms with E-state index in [1.165, 1.54) is 4.88 Å². The van der Waals surface area contributed by atoms with Gasteiger partial charge >= 0.3 is 0 Å². The average molecular weight is 579 g/mol. The molecule has 1 fully saturated rings. The highest BCUT2D eigenvalue weighted by molar-refractivity contribution is 7.09. The van der Waals surface area contributed by atoms with Gasteiger partial charge in [-0.25, -0.2) is 4.98 Å². The molecule has 0 aliphatic carbocycles. The second kappa shape index (κ2) is 14.6. The number of amides is 1. The molecule has 0 saturated carbocycles. The number of nitrogens with one attached hydrogen (secondary N) is 1. The Balaban J connectivity index is 1.49. The van der Waals surface area contributed by atoms with Crippen LogP contribution < -0.4 is 5.32 Å². The Labute approximate surface area is 250 Å². The van der Waals surface area contributed by atoms with Crippen LogP contribution in [0.25, 0.3) is 11.0 Å². The van der Waals surface area contributed by atoms with Crippen molar-refractivity contribution < 1.29 is 9.59 Å². The lowest BCUT2D eigenvalue weighted by atomic mass is 9.89. The molecule has 1 aliphatic heterocycles. The summed E-state index contributed by atoms with van der Waals surface area (Å²) in [6.45, 7) is 16.4. The Kier molecular flexibility index (Phi) is 11.2. The summed E-state index contributed by atoms with van der Waals surface area (Å²) in [4.78, 5) is 35.9. The zero-order chi connectivity index (χ0) is 29.5. The number of aromatic nitrogens is 2. The molecule has 41 heavy (non-hydrogen) atoms. The molecule has 1 N–H and O–H groups in total. The van der Waals surface area contributed by atoms with Crippen molar-refractivity contribution in [3.8, 4) is 0 Å². The minimum atomic E-state index is -0.316. The number of hydrogen-bond acceptors (Lipinski definition) is 5. The van der Waals surface area contributed by atoms with Gasteiger partial charge in [-0.15, -0.1) is 11.3 Å². The highest BCUT2D eigenvalue weighted by atomic mass is 32.1. The van der Waals surface area contributed by atoms with Crippen LogP contribution in [0, 0.1) is 17.8 Å². The number of piperidine rings is 1. The molecule has 7 heteroatoms. The number of hydrogen-bond donors (Lipinski definition) is 1. The molecule has 2 aromatic heterocycles. The van der Waals surface area contributed by atoms with Gasteiger partial charge in [0.05, 0.1) is 11.0 Å². The minimum absolute atomic E-state index is 0.0244. The zero-order valence-electron chi connectivity index (χ0n) is 26.0. The van der Waals surface area contributed by atoms with Gasteiger partial charge in [0.15, 0.2) is 5.78 Å². The van der Waals surface area contributed by atoms with Crippen molar-refractivity contribution >= 4 is 34.1 Å². The van der Waals surface area contributed by atoms with Crippen LogP contribution in [-0.4, -0.2) is 51.8 Å². The first-order valence-corrected chi connectivity index (χ1v) is 16.7. The minimum Gasteiger partial charge on any atom is -0.353 e. The summed E-state index contributed by atoms with van der Waals surface area (Å²) >= 11 is 1.75. The summed E-state index contributed by atoms with van der Waals surface area (Å²) in [5.41, 5.74) is 2.60. The van der Waals surface area contributed by atoms with E-state index in [4.69, 9.17) is 4.98 Å². The third kappa shape index (κ3) is 8.29. The van der Waals surface area contributed by atoms with Gasteiger partial charge in [-0.2, -0.15) is 0 Å². The smallest absolute Gasteiger partial charge is 0.223 e. The lowest BCUT2D eigenvalue weighted by molar-refractivity contribution is -0.126. The third-order valence-electron chi connectivity index (χ3n) is 8.42. The van der Waals surface area contributed by atoms with Crippen molar-refractivity contribution in [2.75, 3.05) is 19.6 Å². The van der Waals surface area contributed by atoms with Crippen LogP contribution >= 0.6 is 11.3 Å². The lowest BCUT2D eigenvalue weighted by Gasteiger charge is -2.34. The largest absolute Gasteiger partial charge is 0.353 e. The van der Waals surface area contributed by atoms with Crippen molar-refractivity contribution in [3.05, 3.63) is 52.0 Å². The maximum Gasteiger partial charge on any atom is 0.223 e. The first-order chi connectivity index (χ1) is 19.7. The van der Waals surface area contributed by atoms with E-state index >= 15 is 0 Å². The van der Waals surface area contributed by atoms with Gasteiger partial charge in [-0.05, 0) is 73.6 Å². The van der Waals surface area contributed by atoms with Crippen LogP contribution in [0.5, 0.6) is 0 Å². The summed E-state index contributed by atoms with van der Waals surface area (Å²) in [7, 11) is 0. The highest BCUT2D eigenvalue weighted by Gasteiger charge is 2.28. The molecular formula is C34H50N4O2S. The molecule has 1 atom stereocenters. The number of carbonyl (C=O) groups is 2. The summed E-state index contributed by atoms with van der Waals surface area (Å²) in [6.07, 6.45) is 5.75. The second-order valence-electron chi connectivity index (χ2n) is 12.8. The van der Waals surface area contributed by atoms with Gasteiger partial charge < -0.3 is 14.8 Å². The molecule has 1 aliphatic rings.